The molecular formula is C21H22N2O5. The van der Waals surface area contributed by atoms with E-state index in [4.69, 9.17) is 9.47 Å². The molecule has 0 atom stereocenters. The Bertz CT molecular complexity index is 890. The van der Waals surface area contributed by atoms with Crippen molar-refractivity contribution in [3.63, 3.8) is 0 Å². The Morgan fingerprint density at radius 3 is 2.14 bits per heavy atom. The number of benzene rings is 2. The number of rotatable bonds is 7. The Morgan fingerprint density at radius 1 is 0.964 bits per heavy atom. The molecule has 7 nitrogen and oxygen atoms in total. The fraction of sp³-hybridized carbons (Fsp3) is 0.286. The van der Waals surface area contributed by atoms with Crippen LogP contribution in [0.3, 0.4) is 0 Å². The van der Waals surface area contributed by atoms with Crippen molar-refractivity contribution in [3.8, 4) is 11.5 Å². The highest BCUT2D eigenvalue weighted by molar-refractivity contribution is 6.21. The van der Waals surface area contributed by atoms with E-state index in [0.717, 1.165) is 10.5 Å². The van der Waals surface area contributed by atoms with Crippen molar-refractivity contribution >= 4 is 17.7 Å². The predicted octanol–water partition coefficient (Wildman–Crippen LogP) is 2.35. The Balaban J connectivity index is 1.60. The highest BCUT2D eigenvalue weighted by atomic mass is 16.5. The summed E-state index contributed by atoms with van der Waals surface area (Å²) in [5.74, 6) is 0.343. The Hall–Kier alpha value is -3.35. The third kappa shape index (κ3) is 3.69. The minimum atomic E-state index is -0.351. The quantitative estimate of drug-likeness (QED) is 0.687. The summed E-state index contributed by atoms with van der Waals surface area (Å²) < 4.78 is 10.5. The van der Waals surface area contributed by atoms with Crippen LogP contribution < -0.4 is 9.47 Å². The van der Waals surface area contributed by atoms with Gasteiger partial charge in [0, 0.05) is 26.6 Å². The lowest BCUT2D eigenvalue weighted by Crippen LogP contribution is -2.35. The van der Waals surface area contributed by atoms with E-state index < -0.39 is 0 Å². The molecule has 2 aromatic carbocycles. The number of imide groups is 1. The van der Waals surface area contributed by atoms with Gasteiger partial charge >= 0.3 is 0 Å². The second-order valence-corrected chi connectivity index (χ2v) is 6.50. The van der Waals surface area contributed by atoms with Gasteiger partial charge in [0.25, 0.3) is 11.8 Å². The standard InChI is InChI=1S/C21H22N2O5/c1-22(13-14-8-9-17(27-2)18(12-14)28-3)19(24)10-11-23-20(25)15-6-4-5-7-16(15)21(23)26/h4-9,12H,10-11,13H2,1-3H3. The summed E-state index contributed by atoms with van der Waals surface area (Å²) in [4.78, 5) is 39.9. The smallest absolute Gasteiger partial charge is 0.261 e. The Kier molecular flexibility index (Phi) is 5.63. The number of carbonyl (C=O) groups excluding carboxylic acids is 3. The zero-order chi connectivity index (χ0) is 20.3. The van der Waals surface area contributed by atoms with Gasteiger partial charge < -0.3 is 14.4 Å². The summed E-state index contributed by atoms with van der Waals surface area (Å²) >= 11 is 0. The first-order valence-electron chi connectivity index (χ1n) is 8.86. The lowest BCUT2D eigenvalue weighted by Gasteiger charge is -2.20. The van der Waals surface area contributed by atoms with Crippen molar-refractivity contribution in [1.29, 1.82) is 0 Å². The van der Waals surface area contributed by atoms with Crippen LogP contribution in [-0.2, 0) is 11.3 Å². The molecule has 0 aliphatic carbocycles. The second kappa shape index (κ2) is 8.12. The zero-order valence-electron chi connectivity index (χ0n) is 16.1. The summed E-state index contributed by atoms with van der Waals surface area (Å²) in [5.41, 5.74) is 1.66. The van der Waals surface area contributed by atoms with E-state index in [2.05, 4.69) is 0 Å². The molecule has 0 saturated heterocycles. The number of amides is 3. The molecule has 0 saturated carbocycles. The van der Waals surface area contributed by atoms with Crippen LogP contribution in [0.2, 0.25) is 0 Å². The second-order valence-electron chi connectivity index (χ2n) is 6.50. The van der Waals surface area contributed by atoms with Crippen LogP contribution in [0.5, 0.6) is 11.5 Å². The highest BCUT2D eigenvalue weighted by Crippen LogP contribution is 2.28. The molecule has 2 aromatic rings. The third-order valence-corrected chi connectivity index (χ3v) is 4.72. The van der Waals surface area contributed by atoms with Crippen LogP contribution in [0.15, 0.2) is 42.5 Å². The Labute approximate surface area is 163 Å². The van der Waals surface area contributed by atoms with Crippen molar-refractivity contribution < 1.29 is 23.9 Å². The molecule has 0 radical (unpaired) electrons. The molecule has 0 fully saturated rings. The molecule has 3 amide bonds. The molecule has 1 aliphatic heterocycles. The monoisotopic (exact) mass is 382 g/mol. The van der Waals surface area contributed by atoms with E-state index in [1.807, 2.05) is 12.1 Å². The molecule has 1 heterocycles. The van der Waals surface area contributed by atoms with Crippen LogP contribution >= 0.6 is 0 Å². The van der Waals surface area contributed by atoms with Gasteiger partial charge in [0.15, 0.2) is 11.5 Å². The van der Waals surface area contributed by atoms with Gasteiger partial charge in [-0.1, -0.05) is 18.2 Å². The summed E-state index contributed by atoms with van der Waals surface area (Å²) in [5, 5.41) is 0. The van der Waals surface area contributed by atoms with E-state index in [-0.39, 0.29) is 30.7 Å². The van der Waals surface area contributed by atoms with Crippen LogP contribution in [-0.4, -0.2) is 55.3 Å². The molecule has 0 spiro atoms. The van der Waals surface area contributed by atoms with Crippen LogP contribution in [0.4, 0.5) is 0 Å². The molecule has 28 heavy (non-hydrogen) atoms. The molecule has 7 heteroatoms. The van der Waals surface area contributed by atoms with Crippen LogP contribution in [0, 0.1) is 0 Å². The fourth-order valence-electron chi connectivity index (χ4n) is 3.18. The van der Waals surface area contributed by atoms with Crippen molar-refractivity contribution in [3.05, 3.63) is 59.2 Å². The average Bonchev–Trinajstić information content (AvgIpc) is 2.96. The van der Waals surface area contributed by atoms with E-state index in [0.29, 0.717) is 29.2 Å². The Morgan fingerprint density at radius 2 is 1.57 bits per heavy atom. The van der Waals surface area contributed by atoms with Crippen molar-refractivity contribution in [2.45, 2.75) is 13.0 Å². The lowest BCUT2D eigenvalue weighted by atomic mass is 10.1. The van der Waals surface area contributed by atoms with E-state index in [1.165, 1.54) is 0 Å². The molecule has 1 aliphatic rings. The highest BCUT2D eigenvalue weighted by Gasteiger charge is 2.35. The van der Waals surface area contributed by atoms with E-state index in [9.17, 15) is 14.4 Å². The summed E-state index contributed by atoms with van der Waals surface area (Å²) in [7, 11) is 4.80. The number of nitrogens with zero attached hydrogens (tertiary/aromatic N) is 2. The summed E-state index contributed by atoms with van der Waals surface area (Å²) in [6.07, 6.45) is 0.0647. The van der Waals surface area contributed by atoms with Gasteiger partial charge in [-0.15, -0.1) is 0 Å². The SMILES string of the molecule is COc1ccc(CN(C)C(=O)CCN2C(=O)c3ccccc3C2=O)cc1OC. The maximum Gasteiger partial charge on any atom is 0.261 e. The number of hydrogen-bond donors (Lipinski definition) is 0. The molecule has 0 aromatic heterocycles. The first-order chi connectivity index (χ1) is 13.5. The molecular weight excluding hydrogens is 360 g/mol. The van der Waals surface area contributed by atoms with Crippen molar-refractivity contribution in [2.24, 2.45) is 0 Å². The van der Waals surface area contributed by atoms with E-state index in [1.54, 1.807) is 56.5 Å². The molecule has 146 valence electrons. The van der Waals surface area contributed by atoms with Gasteiger partial charge in [-0.2, -0.15) is 0 Å². The van der Waals surface area contributed by atoms with Crippen molar-refractivity contribution in [1.82, 2.24) is 9.80 Å². The lowest BCUT2D eigenvalue weighted by molar-refractivity contribution is -0.130. The van der Waals surface area contributed by atoms with Gasteiger partial charge in [-0.05, 0) is 29.8 Å². The van der Waals surface area contributed by atoms with Gasteiger partial charge in [0.1, 0.15) is 0 Å². The third-order valence-electron chi connectivity index (χ3n) is 4.72. The number of hydrogen-bond acceptors (Lipinski definition) is 5. The van der Waals surface area contributed by atoms with Crippen molar-refractivity contribution in [2.75, 3.05) is 27.8 Å². The van der Waals surface area contributed by atoms with Gasteiger partial charge in [0.05, 0.1) is 25.3 Å². The average molecular weight is 382 g/mol. The largest absolute Gasteiger partial charge is 0.493 e. The normalized spacial score (nSPS) is 12.8. The number of fused-ring (bicyclic) bond motifs is 1. The number of ether oxygens (including phenoxy) is 2. The molecule has 3 rings (SSSR count). The van der Waals surface area contributed by atoms with E-state index >= 15 is 0 Å². The van der Waals surface area contributed by atoms with Crippen LogP contribution in [0.25, 0.3) is 0 Å². The molecule has 0 bridgehead atoms. The number of methoxy groups -OCH3 is 2. The zero-order valence-corrected chi connectivity index (χ0v) is 16.1. The maximum absolute atomic E-state index is 12.5. The minimum absolute atomic E-state index is 0.0570. The minimum Gasteiger partial charge on any atom is -0.493 e. The van der Waals surface area contributed by atoms with Crippen LogP contribution in [0.1, 0.15) is 32.7 Å². The summed E-state index contributed by atoms with van der Waals surface area (Å²) in [6, 6.07) is 12.1. The first kappa shape index (κ1) is 19.4. The first-order valence-corrected chi connectivity index (χ1v) is 8.86. The van der Waals surface area contributed by atoms with Gasteiger partial charge in [-0.25, -0.2) is 0 Å². The fourth-order valence-corrected chi connectivity index (χ4v) is 3.18. The van der Waals surface area contributed by atoms with Gasteiger partial charge in [-0.3, -0.25) is 19.3 Å². The molecule has 0 N–H and O–H groups in total. The predicted molar refractivity (Wildman–Crippen MR) is 102 cm³/mol. The van der Waals surface area contributed by atoms with Gasteiger partial charge in [0.2, 0.25) is 5.91 Å². The number of carbonyl (C=O) groups is 3. The summed E-state index contributed by atoms with van der Waals surface area (Å²) in [6.45, 7) is 0.433. The maximum atomic E-state index is 12.5. The topological polar surface area (TPSA) is 76.2 Å². The molecule has 0 unspecified atom stereocenters.